The van der Waals surface area contributed by atoms with Crippen LogP contribution in [-0.2, 0) is 11.0 Å². The molecule has 0 N–H and O–H groups in total. The molecule has 0 heterocycles. The Morgan fingerprint density at radius 3 is 2.42 bits per heavy atom. The summed E-state index contributed by atoms with van der Waals surface area (Å²) in [6.07, 6.45) is -1.75. The first-order valence-corrected chi connectivity index (χ1v) is 7.97. The monoisotopic (exact) mass is 355 g/mol. The summed E-state index contributed by atoms with van der Waals surface area (Å²) in [4.78, 5) is 13.9. The van der Waals surface area contributed by atoms with Crippen molar-refractivity contribution in [2.24, 2.45) is 0 Å². The van der Waals surface area contributed by atoms with E-state index in [1.54, 1.807) is 7.05 Å². The number of alkyl halides is 3. The molecule has 1 amide bonds. The van der Waals surface area contributed by atoms with Crippen molar-refractivity contribution in [3.63, 3.8) is 0 Å². The molecule has 0 aromatic heterocycles. The highest BCUT2D eigenvalue weighted by molar-refractivity contribution is 6.08. The second-order valence-electron chi connectivity index (χ2n) is 5.85. The van der Waals surface area contributed by atoms with Crippen molar-refractivity contribution < 1.29 is 18.0 Å². The van der Waals surface area contributed by atoms with Crippen molar-refractivity contribution in [1.29, 1.82) is 0 Å². The number of likely N-dealkylation sites (N-methyl/N-ethyl adjacent to an activating group) is 1. The maximum atomic E-state index is 12.8. The number of hydrogen-bond acceptors (Lipinski definition) is 1. The van der Waals surface area contributed by atoms with Gasteiger partial charge in [0.15, 0.2) is 0 Å². The van der Waals surface area contributed by atoms with Gasteiger partial charge >= 0.3 is 6.18 Å². The van der Waals surface area contributed by atoms with E-state index in [0.29, 0.717) is 5.56 Å². The first-order valence-electron chi connectivity index (χ1n) is 7.97. The van der Waals surface area contributed by atoms with E-state index in [4.69, 9.17) is 0 Å². The zero-order valence-corrected chi connectivity index (χ0v) is 14.0. The molecule has 3 rings (SSSR count). The van der Waals surface area contributed by atoms with E-state index in [9.17, 15) is 18.0 Å². The number of carbonyl (C=O) groups is 1. The minimum Gasteiger partial charge on any atom is -0.311 e. The van der Waals surface area contributed by atoms with E-state index < -0.39 is 11.7 Å². The SMILES string of the molecule is CN(C(=O)/C=C/c1cccc(C(F)(F)F)c1)c1cccc2ccccc12. The number of carbonyl (C=O) groups excluding carboxylic acids is 1. The maximum absolute atomic E-state index is 12.8. The smallest absolute Gasteiger partial charge is 0.311 e. The summed E-state index contributed by atoms with van der Waals surface area (Å²) in [6.45, 7) is 0. The van der Waals surface area contributed by atoms with Crippen LogP contribution in [0.3, 0.4) is 0 Å². The summed E-state index contributed by atoms with van der Waals surface area (Å²) in [5, 5.41) is 1.94. The predicted octanol–water partition coefficient (Wildman–Crippen LogP) is 5.53. The lowest BCUT2D eigenvalue weighted by Gasteiger charge is -2.17. The van der Waals surface area contributed by atoms with Crippen LogP contribution in [-0.4, -0.2) is 13.0 Å². The molecule has 5 heteroatoms. The van der Waals surface area contributed by atoms with Gasteiger partial charge in [0.2, 0.25) is 0 Å². The van der Waals surface area contributed by atoms with Crippen molar-refractivity contribution in [1.82, 2.24) is 0 Å². The number of rotatable bonds is 3. The average molecular weight is 355 g/mol. The van der Waals surface area contributed by atoms with E-state index in [2.05, 4.69) is 0 Å². The Kier molecular flexibility index (Phi) is 4.80. The van der Waals surface area contributed by atoms with Crippen LogP contribution in [0.25, 0.3) is 16.8 Å². The number of benzene rings is 3. The van der Waals surface area contributed by atoms with Crippen LogP contribution in [0.5, 0.6) is 0 Å². The maximum Gasteiger partial charge on any atom is 0.416 e. The molecule has 2 nitrogen and oxygen atoms in total. The van der Waals surface area contributed by atoms with Gasteiger partial charge in [0, 0.05) is 18.5 Å². The van der Waals surface area contributed by atoms with E-state index in [1.807, 2.05) is 42.5 Å². The van der Waals surface area contributed by atoms with Crippen molar-refractivity contribution in [3.05, 3.63) is 83.9 Å². The third-order valence-electron chi connectivity index (χ3n) is 4.09. The highest BCUT2D eigenvalue weighted by atomic mass is 19.4. The van der Waals surface area contributed by atoms with Crippen LogP contribution >= 0.6 is 0 Å². The fraction of sp³-hybridized carbons (Fsp3) is 0.0952. The van der Waals surface area contributed by atoms with Crippen molar-refractivity contribution in [2.75, 3.05) is 11.9 Å². The summed E-state index contributed by atoms with van der Waals surface area (Å²) >= 11 is 0. The van der Waals surface area contributed by atoms with Gasteiger partial charge in [-0.1, -0.05) is 48.5 Å². The molecule has 3 aromatic rings. The standard InChI is InChI=1S/C21H16F3NO/c1-25(19-11-5-8-16-7-2-3-10-18(16)19)20(26)13-12-15-6-4-9-17(14-15)21(22,23)24/h2-14H,1H3/b13-12+. The first-order chi connectivity index (χ1) is 12.4. The number of amides is 1. The number of anilines is 1. The molecule has 0 bridgehead atoms. The van der Waals surface area contributed by atoms with Crippen LogP contribution in [0.1, 0.15) is 11.1 Å². The van der Waals surface area contributed by atoms with E-state index in [1.165, 1.54) is 29.2 Å². The van der Waals surface area contributed by atoms with Gasteiger partial charge in [-0.05, 0) is 35.2 Å². The van der Waals surface area contributed by atoms with E-state index >= 15 is 0 Å². The molecule has 0 aliphatic heterocycles. The topological polar surface area (TPSA) is 20.3 Å². The molecule has 26 heavy (non-hydrogen) atoms. The van der Waals surface area contributed by atoms with Gasteiger partial charge in [0.25, 0.3) is 5.91 Å². The third kappa shape index (κ3) is 3.77. The molecule has 0 aliphatic rings. The summed E-state index contributed by atoms with van der Waals surface area (Å²) in [5.74, 6) is -0.321. The van der Waals surface area contributed by atoms with Crippen LogP contribution in [0.15, 0.2) is 72.8 Å². The van der Waals surface area contributed by atoms with Gasteiger partial charge in [0.1, 0.15) is 0 Å². The average Bonchev–Trinajstić information content (AvgIpc) is 2.64. The van der Waals surface area contributed by atoms with Crippen molar-refractivity contribution >= 4 is 28.4 Å². The molecule has 0 saturated heterocycles. The molecule has 3 aromatic carbocycles. The summed E-state index contributed by atoms with van der Waals surface area (Å²) in [5.41, 5.74) is 0.316. The molecule has 0 unspecified atom stereocenters. The molecule has 132 valence electrons. The van der Waals surface area contributed by atoms with Gasteiger partial charge in [-0.3, -0.25) is 4.79 Å². The second-order valence-corrected chi connectivity index (χ2v) is 5.85. The molecular weight excluding hydrogens is 339 g/mol. The predicted molar refractivity (Wildman–Crippen MR) is 97.8 cm³/mol. The van der Waals surface area contributed by atoms with Crippen molar-refractivity contribution in [3.8, 4) is 0 Å². The number of hydrogen-bond donors (Lipinski definition) is 0. The Morgan fingerprint density at radius 2 is 1.65 bits per heavy atom. The molecule has 0 spiro atoms. The normalized spacial score (nSPS) is 11.8. The molecule has 0 radical (unpaired) electrons. The fourth-order valence-electron chi connectivity index (χ4n) is 2.72. The first kappa shape index (κ1) is 17.7. The van der Waals surface area contributed by atoms with E-state index in [-0.39, 0.29) is 5.91 Å². The lowest BCUT2D eigenvalue weighted by molar-refractivity contribution is -0.137. The zero-order chi connectivity index (χ0) is 18.7. The number of fused-ring (bicyclic) bond motifs is 1. The zero-order valence-electron chi connectivity index (χ0n) is 14.0. The minimum absolute atomic E-state index is 0.319. The van der Waals surface area contributed by atoms with Crippen molar-refractivity contribution in [2.45, 2.75) is 6.18 Å². The van der Waals surface area contributed by atoms with Crippen LogP contribution in [0, 0.1) is 0 Å². The largest absolute Gasteiger partial charge is 0.416 e. The highest BCUT2D eigenvalue weighted by Gasteiger charge is 2.30. The lowest BCUT2D eigenvalue weighted by Crippen LogP contribution is -2.24. The van der Waals surface area contributed by atoms with Gasteiger partial charge in [-0.2, -0.15) is 13.2 Å². The quantitative estimate of drug-likeness (QED) is 0.565. The van der Waals surface area contributed by atoms with Gasteiger partial charge in [0.05, 0.1) is 11.3 Å². The fourth-order valence-corrected chi connectivity index (χ4v) is 2.72. The van der Waals surface area contributed by atoms with Gasteiger partial charge < -0.3 is 4.90 Å². The molecule has 0 saturated carbocycles. The highest BCUT2D eigenvalue weighted by Crippen LogP contribution is 2.30. The van der Waals surface area contributed by atoms with Crippen LogP contribution in [0.2, 0.25) is 0 Å². The third-order valence-corrected chi connectivity index (χ3v) is 4.09. The van der Waals surface area contributed by atoms with Gasteiger partial charge in [-0.15, -0.1) is 0 Å². The molecular formula is C21H16F3NO. The van der Waals surface area contributed by atoms with Crippen LogP contribution in [0.4, 0.5) is 18.9 Å². The molecule has 0 fully saturated rings. The minimum atomic E-state index is -4.41. The van der Waals surface area contributed by atoms with Crippen LogP contribution < -0.4 is 4.90 Å². The van der Waals surface area contributed by atoms with Gasteiger partial charge in [-0.25, -0.2) is 0 Å². The Labute approximate surface area is 149 Å². The second kappa shape index (κ2) is 7.04. The Balaban J connectivity index is 1.84. The summed E-state index contributed by atoms with van der Waals surface area (Å²) < 4.78 is 38.3. The number of nitrogens with zero attached hydrogens (tertiary/aromatic N) is 1. The van der Waals surface area contributed by atoms with E-state index in [0.717, 1.165) is 28.6 Å². The molecule has 0 atom stereocenters. The summed E-state index contributed by atoms with van der Waals surface area (Å²) in [7, 11) is 1.64. The Bertz CT molecular complexity index is 971. The number of halogens is 3. The Hall–Kier alpha value is -3.08. The summed E-state index contributed by atoms with van der Waals surface area (Å²) in [6, 6.07) is 18.2. The molecule has 0 aliphatic carbocycles. The lowest BCUT2D eigenvalue weighted by atomic mass is 10.1. The Morgan fingerprint density at radius 1 is 0.962 bits per heavy atom.